The summed E-state index contributed by atoms with van der Waals surface area (Å²) in [5.74, 6) is 1.60. The van der Waals surface area contributed by atoms with Gasteiger partial charge < -0.3 is 15.3 Å². The molecular formula is C13H15FN2O2. The maximum absolute atomic E-state index is 12.8. The van der Waals surface area contributed by atoms with Crippen LogP contribution in [0.15, 0.2) is 30.0 Å². The van der Waals surface area contributed by atoms with E-state index < -0.39 is 0 Å². The van der Waals surface area contributed by atoms with Crippen LogP contribution in [0.2, 0.25) is 0 Å². The third-order valence-corrected chi connectivity index (χ3v) is 3.02. The molecule has 1 aliphatic rings. The van der Waals surface area contributed by atoms with Gasteiger partial charge in [0.2, 0.25) is 0 Å². The lowest BCUT2D eigenvalue weighted by Crippen LogP contribution is -2.50. The van der Waals surface area contributed by atoms with E-state index in [2.05, 4.69) is 5.32 Å². The number of hydrogen-bond acceptors (Lipinski definition) is 4. The van der Waals surface area contributed by atoms with E-state index in [4.69, 9.17) is 0 Å². The van der Waals surface area contributed by atoms with E-state index in [0.717, 1.165) is 5.56 Å². The molecule has 1 heterocycles. The molecule has 0 aliphatic carbocycles. The van der Waals surface area contributed by atoms with Crippen LogP contribution < -0.4 is 5.32 Å². The minimum Gasteiger partial charge on any atom is -0.394 e. The van der Waals surface area contributed by atoms with Gasteiger partial charge in [0.1, 0.15) is 17.5 Å². The smallest absolute Gasteiger partial charge is 0.147 e. The van der Waals surface area contributed by atoms with Crippen molar-refractivity contribution in [3.63, 3.8) is 0 Å². The molecule has 2 rings (SSSR count). The summed E-state index contributed by atoms with van der Waals surface area (Å²) in [5, 5.41) is 12.2. The first-order valence-electron chi connectivity index (χ1n) is 5.83. The molecule has 1 fully saturated rings. The van der Waals surface area contributed by atoms with Gasteiger partial charge in [-0.2, -0.15) is 0 Å². The lowest BCUT2D eigenvalue weighted by molar-refractivity contribution is 0.192. The first kappa shape index (κ1) is 12.8. The van der Waals surface area contributed by atoms with Crippen molar-refractivity contribution < 1.29 is 14.3 Å². The van der Waals surface area contributed by atoms with Crippen molar-refractivity contribution in [1.82, 2.24) is 10.2 Å². The molecule has 1 atom stereocenters. The van der Waals surface area contributed by atoms with Crippen LogP contribution in [-0.2, 0) is 11.3 Å². The second kappa shape index (κ2) is 5.78. The second-order valence-corrected chi connectivity index (χ2v) is 4.22. The van der Waals surface area contributed by atoms with Crippen molar-refractivity contribution >= 4 is 5.94 Å². The van der Waals surface area contributed by atoms with Gasteiger partial charge in [-0.25, -0.2) is 9.18 Å². The van der Waals surface area contributed by atoms with Gasteiger partial charge in [0, 0.05) is 19.6 Å². The van der Waals surface area contributed by atoms with Gasteiger partial charge in [0.05, 0.1) is 12.6 Å². The van der Waals surface area contributed by atoms with Gasteiger partial charge in [0.15, 0.2) is 0 Å². The van der Waals surface area contributed by atoms with Crippen LogP contribution in [-0.4, -0.2) is 41.7 Å². The molecule has 0 radical (unpaired) electrons. The van der Waals surface area contributed by atoms with E-state index in [1.54, 1.807) is 12.1 Å². The van der Waals surface area contributed by atoms with Gasteiger partial charge in [0.25, 0.3) is 0 Å². The minimum atomic E-state index is -0.364. The average molecular weight is 250 g/mol. The van der Waals surface area contributed by atoms with E-state index >= 15 is 0 Å². The second-order valence-electron chi connectivity index (χ2n) is 4.22. The molecule has 1 aromatic carbocycles. The molecule has 5 heteroatoms. The molecule has 0 bridgehead atoms. The summed E-state index contributed by atoms with van der Waals surface area (Å²) < 4.78 is 12.8. The molecule has 0 spiro atoms. The summed E-state index contributed by atoms with van der Waals surface area (Å²) in [6.07, 6.45) is 0. The lowest BCUT2D eigenvalue weighted by atomic mass is 10.1. The fraction of sp³-hybridized carbons (Fsp3) is 0.385. The number of aliphatic hydroxyl groups is 1. The Morgan fingerprint density at radius 1 is 1.44 bits per heavy atom. The predicted octanol–water partition coefficient (Wildman–Crippen LogP) is 0.307. The van der Waals surface area contributed by atoms with Crippen LogP contribution in [0.1, 0.15) is 5.56 Å². The van der Waals surface area contributed by atoms with Crippen LogP contribution >= 0.6 is 0 Å². The highest BCUT2D eigenvalue weighted by Crippen LogP contribution is 2.15. The SMILES string of the molecule is O=C=C1C(CO)NCCN1Cc1ccc(F)cc1. The Balaban J connectivity index is 2.12. The van der Waals surface area contributed by atoms with E-state index in [-0.39, 0.29) is 18.5 Å². The largest absolute Gasteiger partial charge is 0.394 e. The maximum Gasteiger partial charge on any atom is 0.147 e. The van der Waals surface area contributed by atoms with E-state index in [1.807, 2.05) is 10.8 Å². The summed E-state index contributed by atoms with van der Waals surface area (Å²) in [5.41, 5.74) is 1.34. The highest BCUT2D eigenvalue weighted by atomic mass is 19.1. The van der Waals surface area contributed by atoms with Gasteiger partial charge in [-0.05, 0) is 17.7 Å². The average Bonchev–Trinajstić information content (AvgIpc) is 2.41. The van der Waals surface area contributed by atoms with E-state index in [0.29, 0.717) is 25.3 Å². The molecule has 1 aliphatic heterocycles. The Hall–Kier alpha value is -1.68. The number of rotatable bonds is 3. The Kier molecular flexibility index (Phi) is 4.10. The summed E-state index contributed by atoms with van der Waals surface area (Å²) in [6.45, 7) is 1.74. The molecule has 1 aromatic rings. The van der Waals surface area contributed by atoms with Crippen LogP contribution in [0.4, 0.5) is 4.39 Å². The fourth-order valence-corrected chi connectivity index (χ4v) is 2.07. The molecule has 18 heavy (non-hydrogen) atoms. The first-order valence-corrected chi connectivity index (χ1v) is 5.83. The molecule has 96 valence electrons. The molecule has 0 saturated carbocycles. The number of aliphatic hydroxyl groups excluding tert-OH is 1. The molecule has 4 nitrogen and oxygen atoms in total. The predicted molar refractivity (Wildman–Crippen MR) is 64.9 cm³/mol. The molecule has 0 aromatic heterocycles. The lowest BCUT2D eigenvalue weighted by Gasteiger charge is -2.34. The van der Waals surface area contributed by atoms with Gasteiger partial charge >= 0.3 is 0 Å². The van der Waals surface area contributed by atoms with Crippen LogP contribution in [0.25, 0.3) is 0 Å². The molecule has 1 saturated heterocycles. The highest BCUT2D eigenvalue weighted by molar-refractivity contribution is 5.54. The Bertz CT molecular complexity index is 455. The van der Waals surface area contributed by atoms with E-state index in [1.165, 1.54) is 12.1 Å². The minimum absolute atomic E-state index is 0.134. The summed E-state index contributed by atoms with van der Waals surface area (Å²) >= 11 is 0. The molecule has 1 unspecified atom stereocenters. The number of piperazine rings is 1. The van der Waals surface area contributed by atoms with Gasteiger partial charge in [-0.3, -0.25) is 0 Å². The normalized spacial score (nSPS) is 19.8. The van der Waals surface area contributed by atoms with E-state index in [9.17, 15) is 14.3 Å². The highest BCUT2D eigenvalue weighted by Gasteiger charge is 2.25. The monoisotopic (exact) mass is 250 g/mol. The van der Waals surface area contributed by atoms with Crippen molar-refractivity contribution in [2.24, 2.45) is 0 Å². The first-order chi connectivity index (χ1) is 8.74. The standard InChI is InChI=1S/C13H15FN2O2/c14-11-3-1-10(2-4-11)7-16-6-5-15-12(8-17)13(16)9-18/h1-4,12,15,17H,5-8H2. The Labute approximate surface area is 105 Å². The number of nitrogens with zero attached hydrogens (tertiary/aromatic N) is 1. The van der Waals surface area contributed by atoms with Crippen LogP contribution in [0.5, 0.6) is 0 Å². The summed E-state index contributed by atoms with van der Waals surface area (Å²) in [7, 11) is 0. The number of benzene rings is 1. The zero-order chi connectivity index (χ0) is 13.0. The zero-order valence-corrected chi connectivity index (χ0v) is 9.90. The molecule has 2 N–H and O–H groups in total. The summed E-state index contributed by atoms with van der Waals surface area (Å²) in [6, 6.07) is 5.80. The molecular weight excluding hydrogens is 235 g/mol. The Morgan fingerprint density at radius 2 is 2.17 bits per heavy atom. The van der Waals surface area contributed by atoms with Gasteiger partial charge in [-0.15, -0.1) is 0 Å². The van der Waals surface area contributed by atoms with Crippen molar-refractivity contribution in [2.75, 3.05) is 19.7 Å². The number of halogens is 1. The Morgan fingerprint density at radius 3 is 2.78 bits per heavy atom. The third kappa shape index (κ3) is 2.76. The number of carbonyl (C=O) groups excluding carboxylic acids is 1. The molecule has 0 amide bonds. The van der Waals surface area contributed by atoms with Crippen molar-refractivity contribution in [3.8, 4) is 0 Å². The summed E-state index contributed by atoms with van der Waals surface area (Å²) in [4.78, 5) is 12.8. The van der Waals surface area contributed by atoms with Crippen molar-refractivity contribution in [3.05, 3.63) is 41.3 Å². The van der Waals surface area contributed by atoms with Crippen molar-refractivity contribution in [2.45, 2.75) is 12.6 Å². The quantitative estimate of drug-likeness (QED) is 0.758. The zero-order valence-electron chi connectivity index (χ0n) is 9.90. The van der Waals surface area contributed by atoms with Gasteiger partial charge in [-0.1, -0.05) is 12.1 Å². The fourth-order valence-electron chi connectivity index (χ4n) is 2.07. The van der Waals surface area contributed by atoms with Crippen LogP contribution in [0.3, 0.4) is 0 Å². The number of nitrogens with one attached hydrogen (secondary N) is 1. The topological polar surface area (TPSA) is 52.6 Å². The van der Waals surface area contributed by atoms with Crippen LogP contribution in [0, 0.1) is 5.82 Å². The third-order valence-electron chi connectivity index (χ3n) is 3.02. The van der Waals surface area contributed by atoms with Crippen molar-refractivity contribution in [1.29, 1.82) is 0 Å². The number of hydrogen-bond donors (Lipinski definition) is 2. The maximum atomic E-state index is 12.8.